The van der Waals surface area contributed by atoms with E-state index in [2.05, 4.69) is 15.3 Å². The van der Waals surface area contributed by atoms with Crippen LogP contribution in [0.25, 0.3) is 0 Å². The number of ether oxygens (including phenoxy) is 1. The maximum absolute atomic E-state index is 12.4. The summed E-state index contributed by atoms with van der Waals surface area (Å²) >= 11 is 5.66. The van der Waals surface area contributed by atoms with E-state index in [-0.39, 0.29) is 29.3 Å². The molecule has 8 heteroatoms. The molecule has 0 saturated carbocycles. The number of carbonyl (C=O) groups excluding carboxylic acids is 2. The summed E-state index contributed by atoms with van der Waals surface area (Å²) in [5.41, 5.74) is 0.162. The van der Waals surface area contributed by atoms with E-state index in [1.165, 1.54) is 17.3 Å². The van der Waals surface area contributed by atoms with Gasteiger partial charge in [0.25, 0.3) is 5.91 Å². The van der Waals surface area contributed by atoms with Gasteiger partial charge in [-0.15, -0.1) is 0 Å². The van der Waals surface area contributed by atoms with Crippen LogP contribution >= 0.6 is 11.6 Å². The smallest absolute Gasteiger partial charge is 0.274 e. The molecule has 1 aromatic heterocycles. The molecule has 0 radical (unpaired) electrons. The van der Waals surface area contributed by atoms with E-state index in [0.717, 1.165) is 6.42 Å². The first-order chi connectivity index (χ1) is 10.1. The fourth-order valence-corrected chi connectivity index (χ4v) is 2.10. The van der Waals surface area contributed by atoms with Crippen molar-refractivity contribution in [2.24, 2.45) is 0 Å². The molecule has 7 nitrogen and oxygen atoms in total. The number of morpholine rings is 1. The summed E-state index contributed by atoms with van der Waals surface area (Å²) in [7, 11) is 0. The lowest BCUT2D eigenvalue weighted by Crippen LogP contribution is -2.56. The summed E-state index contributed by atoms with van der Waals surface area (Å²) in [5, 5.41) is 2.99. The molecule has 2 rings (SSSR count). The van der Waals surface area contributed by atoms with Crippen LogP contribution in [0.1, 0.15) is 23.8 Å². The van der Waals surface area contributed by atoms with E-state index in [0.29, 0.717) is 19.7 Å². The molecule has 2 amide bonds. The minimum absolute atomic E-state index is 0.162. The van der Waals surface area contributed by atoms with Crippen LogP contribution in [-0.4, -0.2) is 59.0 Å². The van der Waals surface area contributed by atoms with E-state index < -0.39 is 6.04 Å². The molecule has 1 unspecified atom stereocenters. The highest BCUT2D eigenvalue weighted by Crippen LogP contribution is 2.12. The van der Waals surface area contributed by atoms with Gasteiger partial charge in [0.05, 0.1) is 25.6 Å². The number of hydrogen-bond donors (Lipinski definition) is 1. The van der Waals surface area contributed by atoms with Crippen LogP contribution in [0.5, 0.6) is 0 Å². The van der Waals surface area contributed by atoms with Crippen molar-refractivity contribution in [2.45, 2.75) is 19.4 Å². The molecule has 1 aliphatic heterocycles. The lowest BCUT2D eigenvalue weighted by molar-refractivity contribution is -0.130. The Bertz CT molecular complexity index is 509. The molecule has 1 aliphatic rings. The molecular formula is C13H17ClN4O3. The molecule has 1 fully saturated rings. The van der Waals surface area contributed by atoms with Crippen molar-refractivity contribution in [2.75, 3.05) is 26.3 Å². The van der Waals surface area contributed by atoms with Crippen molar-refractivity contribution < 1.29 is 14.3 Å². The van der Waals surface area contributed by atoms with Gasteiger partial charge in [-0.3, -0.25) is 9.59 Å². The number of hydrogen-bond acceptors (Lipinski definition) is 5. The number of halogens is 1. The molecule has 0 aromatic carbocycles. The highest BCUT2D eigenvalue weighted by atomic mass is 35.5. The third-order valence-corrected chi connectivity index (χ3v) is 3.28. The molecule has 1 atom stereocenters. The first-order valence-corrected chi connectivity index (χ1v) is 7.15. The summed E-state index contributed by atoms with van der Waals surface area (Å²) in [5.74, 6) is -0.564. The van der Waals surface area contributed by atoms with E-state index in [1.807, 2.05) is 6.92 Å². The summed E-state index contributed by atoms with van der Waals surface area (Å²) in [6.07, 6.45) is 3.44. The maximum atomic E-state index is 12.4. The molecule has 1 aromatic rings. The van der Waals surface area contributed by atoms with Gasteiger partial charge in [-0.1, -0.05) is 18.5 Å². The van der Waals surface area contributed by atoms with Gasteiger partial charge in [0.1, 0.15) is 16.9 Å². The molecule has 0 bridgehead atoms. The predicted octanol–water partition coefficient (Wildman–Crippen LogP) is 0.497. The monoisotopic (exact) mass is 312 g/mol. The molecular weight excluding hydrogens is 296 g/mol. The third kappa shape index (κ3) is 3.89. The van der Waals surface area contributed by atoms with Gasteiger partial charge >= 0.3 is 0 Å². The summed E-state index contributed by atoms with van der Waals surface area (Å²) < 4.78 is 5.31. The predicted molar refractivity (Wildman–Crippen MR) is 76.0 cm³/mol. The second-order valence-corrected chi connectivity index (χ2v) is 4.99. The van der Waals surface area contributed by atoms with Crippen LogP contribution in [0.15, 0.2) is 12.4 Å². The minimum Gasteiger partial charge on any atom is -0.377 e. The van der Waals surface area contributed by atoms with Crippen molar-refractivity contribution in [3.8, 4) is 0 Å². The SMILES string of the molecule is CCCNC(=O)C1COCCN1C(=O)c1cnc(Cl)cn1. The zero-order valence-electron chi connectivity index (χ0n) is 11.7. The Hall–Kier alpha value is -1.73. The van der Waals surface area contributed by atoms with Crippen LogP contribution in [0.3, 0.4) is 0 Å². The lowest BCUT2D eigenvalue weighted by Gasteiger charge is -2.34. The number of carbonyl (C=O) groups is 2. The van der Waals surface area contributed by atoms with E-state index in [9.17, 15) is 9.59 Å². The van der Waals surface area contributed by atoms with Crippen LogP contribution in [0, 0.1) is 0 Å². The maximum Gasteiger partial charge on any atom is 0.274 e. The Balaban J connectivity index is 2.12. The zero-order valence-corrected chi connectivity index (χ0v) is 12.5. The summed E-state index contributed by atoms with van der Waals surface area (Å²) in [6.45, 7) is 3.45. The Morgan fingerprint density at radius 2 is 2.29 bits per heavy atom. The standard InChI is InChI=1S/C13H17ClN4O3/c1-2-3-15-12(19)10-8-21-5-4-18(10)13(20)9-6-17-11(14)7-16-9/h6-7,10H,2-5,8H2,1H3,(H,15,19). The van der Waals surface area contributed by atoms with Crippen molar-refractivity contribution in [1.82, 2.24) is 20.2 Å². The van der Waals surface area contributed by atoms with Gasteiger partial charge in [-0.25, -0.2) is 9.97 Å². The molecule has 0 spiro atoms. The Morgan fingerprint density at radius 3 is 2.95 bits per heavy atom. The highest BCUT2D eigenvalue weighted by molar-refractivity contribution is 6.29. The summed E-state index contributed by atoms with van der Waals surface area (Å²) in [4.78, 5) is 33.8. The van der Waals surface area contributed by atoms with Crippen LogP contribution in [0.2, 0.25) is 5.15 Å². The van der Waals surface area contributed by atoms with E-state index >= 15 is 0 Å². The minimum atomic E-state index is -0.643. The number of nitrogens with one attached hydrogen (secondary N) is 1. The second-order valence-electron chi connectivity index (χ2n) is 4.60. The fourth-order valence-electron chi connectivity index (χ4n) is 2.00. The average molecular weight is 313 g/mol. The van der Waals surface area contributed by atoms with Gasteiger partial charge in [0.15, 0.2) is 0 Å². The van der Waals surface area contributed by atoms with Crippen LogP contribution in [-0.2, 0) is 9.53 Å². The van der Waals surface area contributed by atoms with Gasteiger partial charge < -0.3 is 15.0 Å². The van der Waals surface area contributed by atoms with Crippen molar-refractivity contribution in [1.29, 1.82) is 0 Å². The van der Waals surface area contributed by atoms with Crippen LogP contribution in [0.4, 0.5) is 0 Å². The molecule has 114 valence electrons. The van der Waals surface area contributed by atoms with E-state index in [4.69, 9.17) is 16.3 Å². The molecule has 1 saturated heterocycles. The van der Waals surface area contributed by atoms with E-state index in [1.54, 1.807) is 0 Å². The van der Waals surface area contributed by atoms with Gasteiger partial charge in [0.2, 0.25) is 5.91 Å². The molecule has 21 heavy (non-hydrogen) atoms. The van der Waals surface area contributed by atoms with Gasteiger partial charge in [-0.05, 0) is 6.42 Å². The lowest BCUT2D eigenvalue weighted by atomic mass is 10.2. The molecule has 1 N–H and O–H groups in total. The number of rotatable bonds is 4. The normalized spacial score (nSPS) is 18.4. The summed E-state index contributed by atoms with van der Waals surface area (Å²) in [6, 6.07) is -0.643. The Kier molecular flexibility index (Phi) is 5.46. The van der Waals surface area contributed by atoms with Gasteiger partial charge in [0, 0.05) is 13.1 Å². The van der Waals surface area contributed by atoms with Crippen molar-refractivity contribution >= 4 is 23.4 Å². The quantitative estimate of drug-likeness (QED) is 0.875. The molecule has 2 heterocycles. The zero-order chi connectivity index (χ0) is 15.2. The fraction of sp³-hybridized carbons (Fsp3) is 0.538. The highest BCUT2D eigenvalue weighted by Gasteiger charge is 2.33. The third-order valence-electron chi connectivity index (χ3n) is 3.08. The second kappa shape index (κ2) is 7.33. The van der Waals surface area contributed by atoms with Crippen molar-refractivity contribution in [3.05, 3.63) is 23.2 Å². The molecule has 0 aliphatic carbocycles. The number of amides is 2. The first kappa shape index (κ1) is 15.7. The first-order valence-electron chi connectivity index (χ1n) is 6.77. The Labute approximate surface area is 127 Å². The van der Waals surface area contributed by atoms with Gasteiger partial charge in [-0.2, -0.15) is 0 Å². The number of aromatic nitrogens is 2. The Morgan fingerprint density at radius 1 is 1.48 bits per heavy atom. The number of nitrogens with zero attached hydrogens (tertiary/aromatic N) is 3. The van der Waals surface area contributed by atoms with Crippen LogP contribution < -0.4 is 5.32 Å². The largest absolute Gasteiger partial charge is 0.377 e. The van der Waals surface area contributed by atoms with Crippen molar-refractivity contribution in [3.63, 3.8) is 0 Å². The average Bonchev–Trinajstić information content (AvgIpc) is 2.52. The topological polar surface area (TPSA) is 84.4 Å².